The number of furan rings is 1. The Morgan fingerprint density at radius 1 is 1.15 bits per heavy atom. The molecule has 4 nitrogen and oxygen atoms in total. The van der Waals surface area contributed by atoms with Gasteiger partial charge < -0.3 is 9.73 Å². The molecule has 2 aromatic heterocycles. The highest BCUT2D eigenvalue weighted by atomic mass is 79.9. The van der Waals surface area contributed by atoms with E-state index in [0.29, 0.717) is 10.4 Å². The van der Waals surface area contributed by atoms with Gasteiger partial charge in [0.1, 0.15) is 12.1 Å². The Morgan fingerprint density at radius 2 is 1.90 bits per heavy atom. The Bertz CT molecular complexity index is 737. The largest absolute Gasteiger partial charge is 0.430 e. The molecule has 0 unspecified atom stereocenters. The molecule has 0 aliphatic carbocycles. The van der Waals surface area contributed by atoms with Crippen LogP contribution >= 0.6 is 15.9 Å². The van der Waals surface area contributed by atoms with E-state index in [0.717, 1.165) is 22.3 Å². The van der Waals surface area contributed by atoms with Crippen molar-refractivity contribution in [2.45, 2.75) is 19.9 Å². The van der Waals surface area contributed by atoms with Gasteiger partial charge in [-0.15, -0.1) is 0 Å². The van der Waals surface area contributed by atoms with Crippen LogP contribution in [0, 0.1) is 0 Å². The van der Waals surface area contributed by atoms with Gasteiger partial charge >= 0.3 is 0 Å². The molecule has 0 amide bonds. The SMILES string of the molecule is CC(C)Nc1ncnc2oc(Br)c(-c3ccccc3)c12. The van der Waals surface area contributed by atoms with Gasteiger partial charge in [0.25, 0.3) is 0 Å². The average Bonchev–Trinajstić information content (AvgIpc) is 2.76. The molecule has 0 radical (unpaired) electrons. The fourth-order valence-corrected chi connectivity index (χ4v) is 2.73. The number of fused-ring (bicyclic) bond motifs is 1. The molecule has 3 aromatic rings. The lowest BCUT2D eigenvalue weighted by molar-refractivity contribution is 0.576. The van der Waals surface area contributed by atoms with E-state index in [9.17, 15) is 0 Å². The van der Waals surface area contributed by atoms with Crippen LogP contribution in [0.25, 0.3) is 22.2 Å². The summed E-state index contributed by atoms with van der Waals surface area (Å²) >= 11 is 3.48. The molecule has 2 heterocycles. The van der Waals surface area contributed by atoms with Crippen molar-refractivity contribution in [1.29, 1.82) is 0 Å². The highest BCUT2D eigenvalue weighted by Gasteiger charge is 2.19. The van der Waals surface area contributed by atoms with Gasteiger partial charge in [0.05, 0.1) is 5.39 Å². The van der Waals surface area contributed by atoms with E-state index < -0.39 is 0 Å². The van der Waals surface area contributed by atoms with Crippen molar-refractivity contribution in [2.75, 3.05) is 5.32 Å². The molecule has 0 spiro atoms. The Labute approximate surface area is 125 Å². The van der Waals surface area contributed by atoms with Crippen LogP contribution in [0.4, 0.5) is 5.82 Å². The van der Waals surface area contributed by atoms with Crippen molar-refractivity contribution < 1.29 is 4.42 Å². The van der Waals surface area contributed by atoms with Crippen LogP contribution < -0.4 is 5.32 Å². The van der Waals surface area contributed by atoms with Crippen molar-refractivity contribution in [3.63, 3.8) is 0 Å². The summed E-state index contributed by atoms with van der Waals surface area (Å²) in [7, 11) is 0. The van der Waals surface area contributed by atoms with E-state index >= 15 is 0 Å². The van der Waals surface area contributed by atoms with E-state index in [2.05, 4.69) is 45.1 Å². The van der Waals surface area contributed by atoms with Crippen molar-refractivity contribution in [2.24, 2.45) is 0 Å². The molecule has 0 fully saturated rings. The molecule has 20 heavy (non-hydrogen) atoms. The summed E-state index contributed by atoms with van der Waals surface area (Å²) in [5.41, 5.74) is 2.62. The predicted octanol–water partition coefficient (Wildman–Crippen LogP) is 4.47. The van der Waals surface area contributed by atoms with Crippen LogP contribution in [0.2, 0.25) is 0 Å². The fourth-order valence-electron chi connectivity index (χ4n) is 2.15. The average molecular weight is 332 g/mol. The number of nitrogens with zero attached hydrogens (tertiary/aromatic N) is 2. The summed E-state index contributed by atoms with van der Waals surface area (Å²) in [4.78, 5) is 8.55. The lowest BCUT2D eigenvalue weighted by Gasteiger charge is -2.10. The van der Waals surface area contributed by atoms with Crippen LogP contribution in [0.3, 0.4) is 0 Å². The second-order valence-corrected chi connectivity index (χ2v) is 5.54. The number of aromatic nitrogens is 2. The van der Waals surface area contributed by atoms with E-state index in [4.69, 9.17) is 4.42 Å². The van der Waals surface area contributed by atoms with Crippen LogP contribution in [0.1, 0.15) is 13.8 Å². The number of rotatable bonds is 3. The van der Waals surface area contributed by atoms with Crippen molar-refractivity contribution >= 4 is 32.8 Å². The first-order valence-corrected chi connectivity index (χ1v) is 7.21. The number of halogens is 1. The smallest absolute Gasteiger partial charge is 0.233 e. The van der Waals surface area contributed by atoms with Crippen LogP contribution in [0.5, 0.6) is 0 Å². The summed E-state index contributed by atoms with van der Waals surface area (Å²) in [6.45, 7) is 4.15. The standard InChI is InChI=1S/C15H14BrN3O/c1-9(2)19-14-12-11(10-6-4-3-5-7-10)13(16)20-15(12)18-8-17-14/h3-9H,1-2H3,(H,17,18,19). The molecule has 0 saturated heterocycles. The summed E-state index contributed by atoms with van der Waals surface area (Å²) in [5.74, 6) is 0.790. The summed E-state index contributed by atoms with van der Waals surface area (Å²) in [5, 5.41) is 4.24. The summed E-state index contributed by atoms with van der Waals surface area (Å²) in [6, 6.07) is 10.4. The van der Waals surface area contributed by atoms with Crippen molar-refractivity contribution in [3.05, 3.63) is 41.3 Å². The van der Waals surface area contributed by atoms with Gasteiger partial charge in [-0.1, -0.05) is 30.3 Å². The maximum Gasteiger partial charge on any atom is 0.233 e. The van der Waals surface area contributed by atoms with Gasteiger partial charge in [0.15, 0.2) is 4.67 Å². The minimum absolute atomic E-state index is 0.283. The minimum atomic E-state index is 0.283. The molecule has 1 aromatic carbocycles. The third-order valence-corrected chi connectivity index (χ3v) is 3.49. The molecule has 5 heteroatoms. The number of hydrogen-bond acceptors (Lipinski definition) is 4. The lowest BCUT2D eigenvalue weighted by Crippen LogP contribution is -2.11. The number of anilines is 1. The molecule has 1 N–H and O–H groups in total. The molecule has 0 saturated carbocycles. The molecule has 102 valence electrons. The van der Waals surface area contributed by atoms with Gasteiger partial charge in [0.2, 0.25) is 5.71 Å². The number of nitrogens with one attached hydrogen (secondary N) is 1. The molecular formula is C15H14BrN3O. The highest BCUT2D eigenvalue weighted by Crippen LogP contribution is 2.40. The van der Waals surface area contributed by atoms with Crippen LogP contribution in [0.15, 0.2) is 45.7 Å². The first-order valence-electron chi connectivity index (χ1n) is 6.41. The highest BCUT2D eigenvalue weighted by molar-refractivity contribution is 9.10. The van der Waals surface area contributed by atoms with E-state index in [-0.39, 0.29) is 6.04 Å². The first-order chi connectivity index (χ1) is 9.66. The monoisotopic (exact) mass is 331 g/mol. The molecule has 0 atom stereocenters. The van der Waals surface area contributed by atoms with Gasteiger partial charge in [-0.2, -0.15) is 0 Å². The molecular weight excluding hydrogens is 318 g/mol. The molecule has 0 aliphatic heterocycles. The maximum absolute atomic E-state index is 5.70. The second-order valence-electron chi connectivity index (χ2n) is 4.82. The maximum atomic E-state index is 5.70. The molecule has 0 aliphatic rings. The van der Waals surface area contributed by atoms with Crippen LogP contribution in [-0.2, 0) is 0 Å². The van der Waals surface area contributed by atoms with Crippen LogP contribution in [-0.4, -0.2) is 16.0 Å². The predicted molar refractivity (Wildman–Crippen MR) is 83.7 cm³/mol. The lowest BCUT2D eigenvalue weighted by atomic mass is 10.1. The zero-order valence-corrected chi connectivity index (χ0v) is 12.8. The molecule has 3 rings (SSSR count). The minimum Gasteiger partial charge on any atom is -0.430 e. The van der Waals surface area contributed by atoms with Gasteiger partial charge in [-0.25, -0.2) is 9.97 Å². The van der Waals surface area contributed by atoms with E-state index in [1.54, 1.807) is 0 Å². The Hall–Kier alpha value is -1.88. The zero-order valence-electron chi connectivity index (χ0n) is 11.2. The van der Waals surface area contributed by atoms with Crippen molar-refractivity contribution in [1.82, 2.24) is 9.97 Å². The normalized spacial score (nSPS) is 11.2. The Morgan fingerprint density at radius 3 is 2.60 bits per heavy atom. The Kier molecular flexibility index (Phi) is 3.44. The third kappa shape index (κ3) is 2.29. The number of hydrogen-bond donors (Lipinski definition) is 1. The Balaban J connectivity index is 2.28. The summed E-state index contributed by atoms with van der Waals surface area (Å²) < 4.78 is 6.37. The quantitative estimate of drug-likeness (QED) is 0.769. The first kappa shape index (κ1) is 13.1. The molecule has 0 bridgehead atoms. The third-order valence-electron chi connectivity index (χ3n) is 2.93. The number of benzene rings is 1. The van der Waals surface area contributed by atoms with E-state index in [1.165, 1.54) is 6.33 Å². The van der Waals surface area contributed by atoms with Gasteiger partial charge in [-0.05, 0) is 35.3 Å². The van der Waals surface area contributed by atoms with Gasteiger partial charge in [-0.3, -0.25) is 0 Å². The topological polar surface area (TPSA) is 51.0 Å². The fraction of sp³-hybridized carbons (Fsp3) is 0.200. The van der Waals surface area contributed by atoms with Gasteiger partial charge in [0, 0.05) is 11.6 Å². The summed E-state index contributed by atoms with van der Waals surface area (Å²) in [6.07, 6.45) is 1.51. The van der Waals surface area contributed by atoms with Crippen molar-refractivity contribution in [3.8, 4) is 11.1 Å². The zero-order chi connectivity index (χ0) is 14.1. The second kappa shape index (κ2) is 5.25. The van der Waals surface area contributed by atoms with E-state index in [1.807, 2.05) is 30.3 Å².